The fraction of sp³-hybridized carbons (Fsp3) is 0.583. The van der Waals surface area contributed by atoms with Gasteiger partial charge in [0.25, 0.3) is 0 Å². The van der Waals surface area contributed by atoms with Crippen molar-refractivity contribution in [3.8, 4) is 0 Å². The van der Waals surface area contributed by atoms with Crippen LogP contribution in [0.2, 0.25) is 0 Å². The summed E-state index contributed by atoms with van der Waals surface area (Å²) in [5, 5.41) is 3.96. The number of hydrogen-bond donors (Lipinski definition) is 2. The van der Waals surface area contributed by atoms with E-state index in [9.17, 15) is 0 Å². The van der Waals surface area contributed by atoms with Crippen LogP contribution in [0.4, 0.5) is 0 Å². The lowest BCUT2D eigenvalue weighted by molar-refractivity contribution is 0.350. The highest BCUT2D eigenvalue weighted by Gasteiger charge is 2.18. The predicted octanol–water partition coefficient (Wildman–Crippen LogP) is 2.07. The molecule has 0 bridgehead atoms. The van der Waals surface area contributed by atoms with E-state index in [4.69, 9.17) is 10.3 Å². The van der Waals surface area contributed by atoms with Crippen LogP contribution in [-0.2, 0) is 12.2 Å². The maximum absolute atomic E-state index is 6.03. The van der Waals surface area contributed by atoms with Crippen molar-refractivity contribution in [2.75, 3.05) is 0 Å². The molecule has 0 aromatic carbocycles. The van der Waals surface area contributed by atoms with E-state index in [1.165, 1.54) is 0 Å². The normalized spacial score (nSPS) is 13.7. The maximum atomic E-state index is 6.03. The molecule has 19 heavy (non-hydrogen) atoms. The second-order valence-corrected chi connectivity index (χ2v) is 7.14. The standard InChI is InChI=1S/C12H19N5OS/c1-12(2,3)19-6-10-16-11(18-17-10)9(13)4-8-5-14-7-15-8/h5,7,9H,4,6,13H2,1-3H3,(H,14,15). The molecule has 3 N–H and O–H groups in total. The molecule has 2 rings (SSSR count). The Hall–Kier alpha value is -1.34. The molecule has 0 aliphatic carbocycles. The number of rotatable bonds is 5. The summed E-state index contributed by atoms with van der Waals surface area (Å²) in [6, 6.07) is -0.304. The Labute approximate surface area is 116 Å². The molecule has 0 amide bonds. The van der Waals surface area contributed by atoms with Gasteiger partial charge in [0.15, 0.2) is 5.82 Å². The lowest BCUT2D eigenvalue weighted by Crippen LogP contribution is -2.14. The summed E-state index contributed by atoms with van der Waals surface area (Å²) >= 11 is 1.78. The second-order valence-electron chi connectivity index (χ2n) is 5.34. The molecule has 1 atom stereocenters. The van der Waals surface area contributed by atoms with Crippen molar-refractivity contribution in [1.29, 1.82) is 0 Å². The molecule has 7 heteroatoms. The smallest absolute Gasteiger partial charge is 0.243 e. The maximum Gasteiger partial charge on any atom is 0.243 e. The van der Waals surface area contributed by atoms with Crippen LogP contribution in [0.3, 0.4) is 0 Å². The molecule has 104 valence electrons. The van der Waals surface area contributed by atoms with Gasteiger partial charge in [-0.25, -0.2) is 4.98 Å². The zero-order chi connectivity index (χ0) is 13.9. The van der Waals surface area contributed by atoms with Crippen LogP contribution in [0.1, 0.15) is 44.2 Å². The first-order chi connectivity index (χ1) is 8.94. The molecule has 0 aliphatic rings. The Bertz CT molecular complexity index is 502. The average molecular weight is 281 g/mol. The molecule has 0 spiro atoms. The SMILES string of the molecule is CC(C)(C)SCc1noc(C(N)Cc2cnc[nH]2)n1. The molecule has 6 nitrogen and oxygen atoms in total. The van der Waals surface area contributed by atoms with Gasteiger partial charge in [-0.1, -0.05) is 25.9 Å². The van der Waals surface area contributed by atoms with Crippen molar-refractivity contribution in [2.24, 2.45) is 5.73 Å². The van der Waals surface area contributed by atoms with Crippen LogP contribution in [0, 0.1) is 0 Å². The highest BCUT2D eigenvalue weighted by atomic mass is 32.2. The predicted molar refractivity (Wildman–Crippen MR) is 74.6 cm³/mol. The van der Waals surface area contributed by atoms with E-state index in [0.29, 0.717) is 18.1 Å². The van der Waals surface area contributed by atoms with Crippen molar-refractivity contribution in [1.82, 2.24) is 20.1 Å². The number of nitrogens with zero attached hydrogens (tertiary/aromatic N) is 3. The Morgan fingerprint density at radius 2 is 2.26 bits per heavy atom. The van der Waals surface area contributed by atoms with E-state index in [-0.39, 0.29) is 10.8 Å². The molecule has 1 unspecified atom stereocenters. The Balaban J connectivity index is 1.92. The molecular formula is C12H19N5OS. The van der Waals surface area contributed by atoms with Gasteiger partial charge in [-0.3, -0.25) is 0 Å². The Morgan fingerprint density at radius 1 is 1.47 bits per heavy atom. The number of aromatic amines is 1. The first-order valence-corrected chi connectivity index (χ1v) is 7.12. The third-order valence-corrected chi connectivity index (χ3v) is 3.70. The van der Waals surface area contributed by atoms with Crippen LogP contribution in [0.15, 0.2) is 17.0 Å². The van der Waals surface area contributed by atoms with Crippen molar-refractivity contribution in [3.05, 3.63) is 29.9 Å². The average Bonchev–Trinajstić information content (AvgIpc) is 2.95. The van der Waals surface area contributed by atoms with E-state index < -0.39 is 0 Å². The third kappa shape index (κ3) is 4.36. The molecule has 0 radical (unpaired) electrons. The summed E-state index contributed by atoms with van der Waals surface area (Å²) in [7, 11) is 0. The quantitative estimate of drug-likeness (QED) is 0.871. The van der Waals surface area contributed by atoms with Gasteiger partial charge in [-0.2, -0.15) is 4.98 Å². The van der Waals surface area contributed by atoms with Gasteiger partial charge in [0.05, 0.1) is 18.1 Å². The Morgan fingerprint density at radius 3 is 2.89 bits per heavy atom. The van der Waals surface area contributed by atoms with Crippen LogP contribution in [-0.4, -0.2) is 24.9 Å². The topological polar surface area (TPSA) is 93.6 Å². The van der Waals surface area contributed by atoms with Gasteiger partial charge in [0.1, 0.15) is 0 Å². The van der Waals surface area contributed by atoms with E-state index in [1.54, 1.807) is 24.3 Å². The van der Waals surface area contributed by atoms with Gasteiger partial charge in [-0.15, -0.1) is 11.8 Å². The van der Waals surface area contributed by atoms with E-state index in [2.05, 4.69) is 40.9 Å². The van der Waals surface area contributed by atoms with Crippen molar-refractivity contribution < 1.29 is 4.52 Å². The van der Waals surface area contributed by atoms with E-state index in [0.717, 1.165) is 11.4 Å². The largest absolute Gasteiger partial charge is 0.348 e. The van der Waals surface area contributed by atoms with Crippen LogP contribution in [0.25, 0.3) is 0 Å². The first-order valence-electron chi connectivity index (χ1n) is 6.13. The number of thioether (sulfide) groups is 1. The number of nitrogens with two attached hydrogens (primary N) is 1. The zero-order valence-corrected chi connectivity index (χ0v) is 12.2. The number of aromatic nitrogens is 4. The summed E-state index contributed by atoms with van der Waals surface area (Å²) in [5.74, 6) is 1.89. The molecule has 0 fully saturated rings. The van der Waals surface area contributed by atoms with Crippen LogP contribution in [0.5, 0.6) is 0 Å². The fourth-order valence-electron chi connectivity index (χ4n) is 1.48. The summed E-state index contributed by atoms with van der Waals surface area (Å²) in [5.41, 5.74) is 6.99. The first kappa shape index (κ1) is 14.1. The molecule has 2 aromatic heterocycles. The summed E-state index contributed by atoms with van der Waals surface area (Å²) < 4.78 is 5.39. The summed E-state index contributed by atoms with van der Waals surface area (Å²) in [6.07, 6.45) is 3.97. The third-order valence-electron chi connectivity index (χ3n) is 2.43. The fourth-order valence-corrected chi connectivity index (χ4v) is 2.16. The van der Waals surface area contributed by atoms with Gasteiger partial charge < -0.3 is 15.2 Å². The number of nitrogens with one attached hydrogen (secondary N) is 1. The Kier molecular flexibility index (Phi) is 4.26. The monoisotopic (exact) mass is 281 g/mol. The highest BCUT2D eigenvalue weighted by molar-refractivity contribution is 7.99. The number of imidazole rings is 1. The van der Waals surface area contributed by atoms with Gasteiger partial charge in [0.2, 0.25) is 5.89 Å². The molecule has 0 saturated carbocycles. The van der Waals surface area contributed by atoms with Gasteiger partial charge in [-0.05, 0) is 0 Å². The zero-order valence-electron chi connectivity index (χ0n) is 11.4. The minimum absolute atomic E-state index is 0.179. The minimum atomic E-state index is -0.304. The molecular weight excluding hydrogens is 262 g/mol. The van der Waals surface area contributed by atoms with E-state index >= 15 is 0 Å². The molecule has 2 aromatic rings. The van der Waals surface area contributed by atoms with Gasteiger partial charge >= 0.3 is 0 Å². The lowest BCUT2D eigenvalue weighted by Gasteiger charge is -2.15. The van der Waals surface area contributed by atoms with Crippen LogP contribution >= 0.6 is 11.8 Å². The highest BCUT2D eigenvalue weighted by Crippen LogP contribution is 2.26. The lowest BCUT2D eigenvalue weighted by atomic mass is 10.2. The van der Waals surface area contributed by atoms with E-state index in [1.807, 2.05) is 0 Å². The second kappa shape index (κ2) is 5.75. The molecule has 0 aliphatic heterocycles. The number of H-pyrrole nitrogens is 1. The van der Waals surface area contributed by atoms with Crippen molar-refractivity contribution >= 4 is 11.8 Å². The van der Waals surface area contributed by atoms with Gasteiger partial charge in [0, 0.05) is 23.1 Å². The van der Waals surface area contributed by atoms with Crippen molar-refractivity contribution in [3.63, 3.8) is 0 Å². The number of hydrogen-bond acceptors (Lipinski definition) is 6. The molecule has 2 heterocycles. The van der Waals surface area contributed by atoms with Crippen LogP contribution < -0.4 is 5.73 Å². The molecule has 0 saturated heterocycles. The minimum Gasteiger partial charge on any atom is -0.348 e. The summed E-state index contributed by atoms with van der Waals surface area (Å²) in [4.78, 5) is 11.3. The van der Waals surface area contributed by atoms with Crippen molar-refractivity contribution in [2.45, 2.75) is 43.7 Å². The summed E-state index contributed by atoms with van der Waals surface area (Å²) in [6.45, 7) is 6.47.